The van der Waals surface area contributed by atoms with Gasteiger partial charge in [-0.15, -0.1) is 0 Å². The summed E-state index contributed by atoms with van der Waals surface area (Å²) < 4.78 is 5.66. The highest BCUT2D eigenvalue weighted by Crippen LogP contribution is 2.18. The topological polar surface area (TPSA) is 55.6 Å². The molecule has 0 fully saturated rings. The van der Waals surface area contributed by atoms with Crippen LogP contribution in [-0.2, 0) is 0 Å². The van der Waals surface area contributed by atoms with Gasteiger partial charge in [-0.1, -0.05) is 12.1 Å². The molecule has 2 N–H and O–H groups in total. The molecule has 4 nitrogen and oxygen atoms in total. The third-order valence-electron chi connectivity index (χ3n) is 2.74. The van der Waals surface area contributed by atoms with Crippen LogP contribution >= 0.6 is 0 Å². The van der Waals surface area contributed by atoms with Crippen molar-refractivity contribution in [3.05, 3.63) is 29.8 Å². The van der Waals surface area contributed by atoms with Crippen LogP contribution in [0.1, 0.15) is 23.7 Å². The Morgan fingerprint density at radius 3 is 2.72 bits per heavy atom. The average molecular weight is 250 g/mol. The number of Topliss-reactive ketones (excluding diaryl/α,β-unsaturated/α-hetero) is 1. The molecular weight excluding hydrogens is 228 g/mol. The Kier molecular flexibility index (Phi) is 6.39. The van der Waals surface area contributed by atoms with E-state index >= 15 is 0 Å². The first-order chi connectivity index (χ1) is 8.65. The van der Waals surface area contributed by atoms with E-state index in [1.165, 1.54) is 0 Å². The normalized spacial score (nSPS) is 10.7. The molecule has 0 atom stereocenters. The molecule has 0 bridgehead atoms. The summed E-state index contributed by atoms with van der Waals surface area (Å²) in [5.74, 6) is 0.694. The number of rotatable bonds is 8. The number of hydrogen-bond acceptors (Lipinski definition) is 4. The van der Waals surface area contributed by atoms with E-state index in [1.54, 1.807) is 13.0 Å². The first kappa shape index (κ1) is 14.7. The van der Waals surface area contributed by atoms with E-state index < -0.39 is 0 Å². The smallest absolute Gasteiger partial charge is 0.163 e. The van der Waals surface area contributed by atoms with Gasteiger partial charge in [0.15, 0.2) is 5.78 Å². The number of benzene rings is 1. The Labute approximate surface area is 109 Å². The molecule has 0 amide bonds. The van der Waals surface area contributed by atoms with Crippen molar-refractivity contribution in [2.45, 2.75) is 13.3 Å². The Hall–Kier alpha value is -1.39. The Morgan fingerprint density at radius 1 is 1.33 bits per heavy atom. The van der Waals surface area contributed by atoms with Crippen LogP contribution in [0, 0.1) is 0 Å². The fourth-order valence-electron chi connectivity index (χ4n) is 1.67. The molecule has 0 aliphatic heterocycles. The van der Waals surface area contributed by atoms with Crippen molar-refractivity contribution < 1.29 is 9.53 Å². The molecule has 0 aromatic heterocycles. The molecular formula is C14H22N2O2. The van der Waals surface area contributed by atoms with Gasteiger partial charge in [0, 0.05) is 6.54 Å². The molecule has 1 aromatic carbocycles. The zero-order valence-electron chi connectivity index (χ0n) is 11.2. The summed E-state index contributed by atoms with van der Waals surface area (Å²) in [6.07, 6.45) is 0.987. The van der Waals surface area contributed by atoms with Crippen molar-refractivity contribution in [3.8, 4) is 5.75 Å². The SMILES string of the molecule is CC(=O)c1ccccc1OCCN(C)CCCN. The highest BCUT2D eigenvalue weighted by Gasteiger charge is 2.07. The summed E-state index contributed by atoms with van der Waals surface area (Å²) in [5, 5.41) is 0. The van der Waals surface area contributed by atoms with Crippen LogP contribution in [0.2, 0.25) is 0 Å². The lowest BCUT2D eigenvalue weighted by Crippen LogP contribution is -2.26. The maximum Gasteiger partial charge on any atom is 0.163 e. The Balaban J connectivity index is 2.41. The number of para-hydroxylation sites is 1. The van der Waals surface area contributed by atoms with Gasteiger partial charge in [-0.3, -0.25) is 4.79 Å². The Bertz CT molecular complexity index is 380. The van der Waals surface area contributed by atoms with Gasteiger partial charge in [0.05, 0.1) is 5.56 Å². The van der Waals surface area contributed by atoms with Crippen LogP contribution in [0.5, 0.6) is 5.75 Å². The number of carbonyl (C=O) groups excluding carboxylic acids is 1. The first-order valence-corrected chi connectivity index (χ1v) is 6.26. The average Bonchev–Trinajstić information content (AvgIpc) is 2.36. The van der Waals surface area contributed by atoms with Gasteiger partial charge in [-0.25, -0.2) is 0 Å². The van der Waals surface area contributed by atoms with Gasteiger partial charge >= 0.3 is 0 Å². The molecule has 4 heteroatoms. The third kappa shape index (κ3) is 4.85. The van der Waals surface area contributed by atoms with Crippen molar-refractivity contribution in [2.75, 3.05) is 33.3 Å². The molecule has 0 aliphatic rings. The van der Waals surface area contributed by atoms with Crippen molar-refractivity contribution in [3.63, 3.8) is 0 Å². The monoisotopic (exact) mass is 250 g/mol. The molecule has 100 valence electrons. The highest BCUT2D eigenvalue weighted by atomic mass is 16.5. The lowest BCUT2D eigenvalue weighted by Gasteiger charge is -2.17. The summed E-state index contributed by atoms with van der Waals surface area (Å²) in [7, 11) is 2.04. The quantitative estimate of drug-likeness (QED) is 0.711. The molecule has 1 aromatic rings. The van der Waals surface area contributed by atoms with Crippen molar-refractivity contribution in [2.24, 2.45) is 5.73 Å². The van der Waals surface area contributed by atoms with Gasteiger partial charge in [0.25, 0.3) is 0 Å². The number of hydrogen-bond donors (Lipinski definition) is 1. The zero-order chi connectivity index (χ0) is 13.4. The minimum absolute atomic E-state index is 0.0297. The minimum atomic E-state index is 0.0297. The number of carbonyl (C=O) groups is 1. The van der Waals surface area contributed by atoms with E-state index in [9.17, 15) is 4.79 Å². The van der Waals surface area contributed by atoms with Crippen LogP contribution < -0.4 is 10.5 Å². The summed E-state index contributed by atoms with van der Waals surface area (Å²) >= 11 is 0. The van der Waals surface area contributed by atoms with E-state index in [-0.39, 0.29) is 5.78 Å². The molecule has 0 saturated heterocycles. The van der Waals surface area contributed by atoms with Crippen molar-refractivity contribution in [1.82, 2.24) is 4.90 Å². The summed E-state index contributed by atoms with van der Waals surface area (Å²) in [4.78, 5) is 13.6. The predicted octanol–water partition coefficient (Wildman–Crippen LogP) is 1.55. The second-order valence-electron chi connectivity index (χ2n) is 4.35. The van der Waals surface area contributed by atoms with E-state index in [0.717, 1.165) is 19.5 Å². The summed E-state index contributed by atoms with van der Waals surface area (Å²) in [6.45, 7) is 4.62. The van der Waals surface area contributed by atoms with E-state index in [4.69, 9.17) is 10.5 Å². The van der Waals surface area contributed by atoms with Crippen molar-refractivity contribution in [1.29, 1.82) is 0 Å². The van der Waals surface area contributed by atoms with E-state index in [0.29, 0.717) is 24.5 Å². The van der Waals surface area contributed by atoms with Crippen LogP contribution in [-0.4, -0.2) is 44.0 Å². The molecule has 0 saturated carbocycles. The number of likely N-dealkylation sites (N-methyl/N-ethyl adjacent to an activating group) is 1. The van der Waals surface area contributed by atoms with Gasteiger partial charge in [0.2, 0.25) is 0 Å². The summed E-state index contributed by atoms with van der Waals surface area (Å²) in [5.41, 5.74) is 6.10. The highest BCUT2D eigenvalue weighted by molar-refractivity contribution is 5.96. The molecule has 0 heterocycles. The van der Waals surface area contributed by atoms with Gasteiger partial charge in [-0.2, -0.15) is 0 Å². The second kappa shape index (κ2) is 7.84. The van der Waals surface area contributed by atoms with Crippen LogP contribution in [0.3, 0.4) is 0 Å². The molecule has 0 spiro atoms. The molecule has 0 radical (unpaired) electrons. The molecule has 18 heavy (non-hydrogen) atoms. The van der Waals surface area contributed by atoms with E-state index in [1.807, 2.05) is 25.2 Å². The van der Waals surface area contributed by atoms with Crippen LogP contribution in [0.4, 0.5) is 0 Å². The number of nitrogens with zero attached hydrogens (tertiary/aromatic N) is 1. The standard InChI is InChI=1S/C14H22N2O2/c1-12(17)13-6-3-4-7-14(13)18-11-10-16(2)9-5-8-15/h3-4,6-7H,5,8-11,15H2,1-2H3. The largest absolute Gasteiger partial charge is 0.491 e. The molecule has 1 rings (SSSR count). The lowest BCUT2D eigenvalue weighted by molar-refractivity contribution is 0.101. The Morgan fingerprint density at radius 2 is 2.06 bits per heavy atom. The van der Waals surface area contributed by atoms with Gasteiger partial charge in [0.1, 0.15) is 12.4 Å². The number of nitrogens with two attached hydrogens (primary N) is 1. The molecule has 0 aliphatic carbocycles. The fourth-order valence-corrected chi connectivity index (χ4v) is 1.67. The second-order valence-corrected chi connectivity index (χ2v) is 4.35. The summed E-state index contributed by atoms with van der Waals surface area (Å²) in [6, 6.07) is 7.34. The third-order valence-corrected chi connectivity index (χ3v) is 2.74. The maximum atomic E-state index is 11.4. The number of ketones is 1. The molecule has 0 unspecified atom stereocenters. The van der Waals surface area contributed by atoms with Gasteiger partial charge < -0.3 is 15.4 Å². The predicted molar refractivity (Wildman–Crippen MR) is 73.1 cm³/mol. The zero-order valence-corrected chi connectivity index (χ0v) is 11.2. The maximum absolute atomic E-state index is 11.4. The van der Waals surface area contributed by atoms with Crippen LogP contribution in [0.15, 0.2) is 24.3 Å². The minimum Gasteiger partial charge on any atom is -0.491 e. The van der Waals surface area contributed by atoms with Gasteiger partial charge in [-0.05, 0) is 45.6 Å². The number of ether oxygens (including phenoxy) is 1. The van der Waals surface area contributed by atoms with E-state index in [2.05, 4.69) is 4.90 Å². The van der Waals surface area contributed by atoms with Crippen LogP contribution in [0.25, 0.3) is 0 Å². The first-order valence-electron chi connectivity index (χ1n) is 6.26. The fraction of sp³-hybridized carbons (Fsp3) is 0.500. The van der Waals surface area contributed by atoms with Crippen molar-refractivity contribution >= 4 is 5.78 Å². The lowest BCUT2D eigenvalue weighted by atomic mass is 10.1.